The molecule has 0 amide bonds. The average Bonchev–Trinajstić information content (AvgIpc) is 2.68. The van der Waals surface area contributed by atoms with Crippen molar-refractivity contribution in [1.29, 1.82) is 0 Å². The number of halogens is 1. The lowest BCUT2D eigenvalue weighted by molar-refractivity contribution is 0.282. The average molecular weight is 284 g/mol. The normalized spacial score (nSPS) is 13.2. The third-order valence-electron chi connectivity index (χ3n) is 2.49. The number of hydrogen-bond acceptors (Lipinski definition) is 3. The highest BCUT2D eigenvalue weighted by Crippen LogP contribution is 2.26. The number of benzene rings is 1. The predicted molar refractivity (Wildman–Crippen MR) is 67.4 cm³/mol. The lowest BCUT2D eigenvalue weighted by Gasteiger charge is -2.08. The minimum absolute atomic E-state index is 0.110. The summed E-state index contributed by atoms with van der Waals surface area (Å²) in [6.45, 7) is 2.72. The summed E-state index contributed by atoms with van der Waals surface area (Å²) in [5.74, 6) is 0.890. The summed E-state index contributed by atoms with van der Waals surface area (Å²) in [6.07, 6.45) is 0. The Bertz CT molecular complexity index is 481. The van der Waals surface area contributed by atoms with Gasteiger partial charge in [-0.1, -0.05) is 15.9 Å². The van der Waals surface area contributed by atoms with Gasteiger partial charge in [0.2, 0.25) is 0 Å². The number of hydrogen-bond donors (Lipinski definition) is 2. The van der Waals surface area contributed by atoms with Gasteiger partial charge >= 0.3 is 0 Å². The van der Waals surface area contributed by atoms with Crippen molar-refractivity contribution >= 4 is 26.9 Å². The number of aliphatic hydroxyl groups is 1. The maximum atomic E-state index is 8.74. The summed E-state index contributed by atoms with van der Waals surface area (Å²) in [7, 11) is 0. The minimum atomic E-state index is 0.110. The molecular formula is C12H14BrNO2. The van der Waals surface area contributed by atoms with Gasteiger partial charge in [0.1, 0.15) is 11.3 Å². The summed E-state index contributed by atoms with van der Waals surface area (Å²) in [4.78, 5) is 0. The van der Waals surface area contributed by atoms with E-state index in [1.165, 1.54) is 0 Å². The van der Waals surface area contributed by atoms with E-state index in [1.807, 2.05) is 31.2 Å². The van der Waals surface area contributed by atoms with E-state index in [1.54, 1.807) is 0 Å². The van der Waals surface area contributed by atoms with Crippen LogP contribution in [-0.4, -0.2) is 18.3 Å². The fraction of sp³-hybridized carbons (Fsp3) is 0.333. The van der Waals surface area contributed by atoms with Crippen LogP contribution < -0.4 is 5.32 Å². The molecule has 0 fully saturated rings. The van der Waals surface area contributed by atoms with Gasteiger partial charge in [-0.05, 0) is 31.2 Å². The Morgan fingerprint density at radius 1 is 1.44 bits per heavy atom. The summed E-state index contributed by atoms with van der Waals surface area (Å²) in [5, 5.41) is 13.0. The Morgan fingerprint density at radius 2 is 2.25 bits per heavy atom. The second-order valence-electron chi connectivity index (χ2n) is 3.73. The van der Waals surface area contributed by atoms with Crippen molar-refractivity contribution < 1.29 is 9.52 Å². The van der Waals surface area contributed by atoms with Gasteiger partial charge in [-0.3, -0.25) is 0 Å². The number of rotatable bonds is 4. The lowest BCUT2D eigenvalue weighted by atomic mass is 10.2. The number of furan rings is 1. The molecule has 2 N–H and O–H groups in total. The third-order valence-corrected chi connectivity index (χ3v) is 2.98. The molecule has 0 spiro atoms. The van der Waals surface area contributed by atoms with E-state index < -0.39 is 0 Å². The zero-order valence-electron chi connectivity index (χ0n) is 9.03. The molecule has 0 aliphatic rings. The number of fused-ring (bicyclic) bond motifs is 1. The quantitative estimate of drug-likeness (QED) is 0.907. The van der Waals surface area contributed by atoms with E-state index in [0.29, 0.717) is 6.54 Å². The first-order chi connectivity index (χ1) is 7.70. The molecule has 2 rings (SSSR count). The maximum absolute atomic E-state index is 8.74. The van der Waals surface area contributed by atoms with Gasteiger partial charge < -0.3 is 14.8 Å². The molecule has 4 heteroatoms. The van der Waals surface area contributed by atoms with Crippen molar-refractivity contribution in [1.82, 2.24) is 5.32 Å². The van der Waals surface area contributed by atoms with Gasteiger partial charge in [0.05, 0.1) is 12.6 Å². The second-order valence-corrected chi connectivity index (χ2v) is 4.65. The first-order valence-electron chi connectivity index (χ1n) is 5.24. The van der Waals surface area contributed by atoms with Gasteiger partial charge in [0.25, 0.3) is 0 Å². The van der Waals surface area contributed by atoms with Crippen LogP contribution in [0.4, 0.5) is 0 Å². The van der Waals surface area contributed by atoms with Crippen LogP contribution in [0.2, 0.25) is 0 Å². The summed E-state index contributed by atoms with van der Waals surface area (Å²) >= 11 is 3.43. The highest BCUT2D eigenvalue weighted by Gasteiger charge is 2.10. The van der Waals surface area contributed by atoms with Crippen molar-refractivity contribution in [3.8, 4) is 0 Å². The highest BCUT2D eigenvalue weighted by atomic mass is 79.9. The Labute approximate surface area is 103 Å². The molecule has 16 heavy (non-hydrogen) atoms. The summed E-state index contributed by atoms with van der Waals surface area (Å²) in [6, 6.07) is 8.07. The van der Waals surface area contributed by atoms with Crippen LogP contribution in [0.3, 0.4) is 0 Å². The van der Waals surface area contributed by atoms with Gasteiger partial charge in [0.15, 0.2) is 0 Å². The number of nitrogens with one attached hydrogen (secondary N) is 1. The molecule has 0 aliphatic heterocycles. The maximum Gasteiger partial charge on any atom is 0.134 e. The molecule has 86 valence electrons. The molecule has 1 aromatic carbocycles. The fourth-order valence-corrected chi connectivity index (χ4v) is 2.01. The van der Waals surface area contributed by atoms with E-state index >= 15 is 0 Å². The van der Waals surface area contributed by atoms with Crippen LogP contribution in [0.15, 0.2) is 33.2 Å². The molecule has 2 aromatic rings. The van der Waals surface area contributed by atoms with Crippen molar-refractivity contribution in [2.75, 3.05) is 13.2 Å². The molecule has 1 aromatic heterocycles. The van der Waals surface area contributed by atoms with Crippen molar-refractivity contribution in [2.24, 2.45) is 0 Å². The Kier molecular flexibility index (Phi) is 3.63. The third kappa shape index (κ3) is 2.45. The Morgan fingerprint density at radius 3 is 3.00 bits per heavy atom. The zero-order valence-corrected chi connectivity index (χ0v) is 10.6. The number of aliphatic hydroxyl groups excluding tert-OH is 1. The molecule has 0 saturated carbocycles. The molecule has 1 heterocycles. The molecule has 0 saturated heterocycles. The predicted octanol–water partition coefficient (Wildman–Crippen LogP) is 2.84. The van der Waals surface area contributed by atoms with Crippen LogP contribution in [-0.2, 0) is 0 Å². The molecular weight excluding hydrogens is 270 g/mol. The molecule has 0 radical (unpaired) electrons. The van der Waals surface area contributed by atoms with Crippen LogP contribution in [0, 0.1) is 0 Å². The topological polar surface area (TPSA) is 45.4 Å². The van der Waals surface area contributed by atoms with Gasteiger partial charge in [0, 0.05) is 16.4 Å². The monoisotopic (exact) mass is 283 g/mol. The van der Waals surface area contributed by atoms with Crippen LogP contribution in [0.1, 0.15) is 18.7 Å². The zero-order chi connectivity index (χ0) is 11.5. The van der Waals surface area contributed by atoms with Gasteiger partial charge in [-0.25, -0.2) is 0 Å². The first kappa shape index (κ1) is 11.6. The Hall–Kier alpha value is -0.840. The summed E-state index contributed by atoms with van der Waals surface area (Å²) < 4.78 is 6.76. The van der Waals surface area contributed by atoms with Crippen LogP contribution in [0.5, 0.6) is 0 Å². The molecule has 1 atom stereocenters. The fourth-order valence-electron chi connectivity index (χ4n) is 1.63. The Balaban J connectivity index is 2.25. The van der Waals surface area contributed by atoms with E-state index in [-0.39, 0.29) is 12.6 Å². The van der Waals surface area contributed by atoms with Crippen LogP contribution in [0.25, 0.3) is 11.0 Å². The largest absolute Gasteiger partial charge is 0.459 e. The van der Waals surface area contributed by atoms with E-state index in [0.717, 1.165) is 21.2 Å². The van der Waals surface area contributed by atoms with Gasteiger partial charge in [-0.2, -0.15) is 0 Å². The molecule has 0 aliphatic carbocycles. The van der Waals surface area contributed by atoms with Crippen molar-refractivity contribution in [3.05, 3.63) is 34.5 Å². The standard InChI is InChI=1S/C12H14BrNO2/c1-8(14-4-5-15)12-7-9-6-10(13)2-3-11(9)16-12/h2-3,6-8,14-15H,4-5H2,1H3. The smallest absolute Gasteiger partial charge is 0.134 e. The molecule has 3 nitrogen and oxygen atoms in total. The van der Waals surface area contributed by atoms with Crippen molar-refractivity contribution in [3.63, 3.8) is 0 Å². The van der Waals surface area contributed by atoms with Crippen LogP contribution >= 0.6 is 15.9 Å². The molecule has 0 bridgehead atoms. The lowest BCUT2D eigenvalue weighted by Crippen LogP contribution is -2.21. The highest BCUT2D eigenvalue weighted by molar-refractivity contribution is 9.10. The van der Waals surface area contributed by atoms with Gasteiger partial charge in [-0.15, -0.1) is 0 Å². The second kappa shape index (κ2) is 4.99. The van der Waals surface area contributed by atoms with E-state index in [9.17, 15) is 0 Å². The van der Waals surface area contributed by atoms with Crippen molar-refractivity contribution in [2.45, 2.75) is 13.0 Å². The molecule has 1 unspecified atom stereocenters. The minimum Gasteiger partial charge on any atom is -0.459 e. The first-order valence-corrected chi connectivity index (χ1v) is 6.03. The summed E-state index contributed by atoms with van der Waals surface area (Å²) in [5.41, 5.74) is 0.885. The van der Waals surface area contributed by atoms with E-state index in [4.69, 9.17) is 9.52 Å². The van der Waals surface area contributed by atoms with E-state index in [2.05, 4.69) is 21.2 Å². The SMILES string of the molecule is CC(NCCO)c1cc2cc(Br)ccc2o1.